The van der Waals surface area contributed by atoms with Crippen LogP contribution in [-0.4, -0.2) is 44.9 Å². The molecule has 1 aliphatic rings. The first-order valence-corrected chi connectivity index (χ1v) is 8.34. The highest BCUT2D eigenvalue weighted by Gasteiger charge is 2.39. The van der Waals surface area contributed by atoms with Gasteiger partial charge in [-0.1, -0.05) is 26.0 Å². The van der Waals surface area contributed by atoms with Gasteiger partial charge < -0.3 is 20.1 Å². The summed E-state index contributed by atoms with van der Waals surface area (Å²) in [6.07, 6.45) is 1.40. The Hall–Kier alpha value is -1.30. The first-order chi connectivity index (χ1) is 11.1. The van der Waals surface area contributed by atoms with Crippen LogP contribution in [0.25, 0.3) is 0 Å². The minimum Gasteiger partial charge on any atom is -0.492 e. The highest BCUT2D eigenvalue weighted by Crippen LogP contribution is 2.22. The van der Waals surface area contributed by atoms with Gasteiger partial charge in [0.2, 0.25) is 0 Å². The molecule has 1 aromatic rings. The van der Waals surface area contributed by atoms with Gasteiger partial charge in [-0.05, 0) is 49.5 Å². The zero-order valence-electron chi connectivity index (χ0n) is 14.8. The van der Waals surface area contributed by atoms with Crippen molar-refractivity contribution in [2.75, 3.05) is 33.4 Å². The minimum absolute atomic E-state index is 0. The predicted molar refractivity (Wildman–Crippen MR) is 98.1 cm³/mol. The van der Waals surface area contributed by atoms with Gasteiger partial charge in [-0.3, -0.25) is 4.79 Å². The number of piperidine rings is 1. The van der Waals surface area contributed by atoms with Crippen LogP contribution in [0.4, 0.5) is 0 Å². The normalized spacial score (nSPS) is 16.3. The van der Waals surface area contributed by atoms with Gasteiger partial charge in [0.25, 0.3) is 5.91 Å². The molecule has 6 heteroatoms. The highest BCUT2D eigenvalue weighted by atomic mass is 35.5. The summed E-state index contributed by atoms with van der Waals surface area (Å²) in [5.74, 6) is 1.30. The maximum Gasteiger partial charge on any atom is 0.252 e. The van der Waals surface area contributed by atoms with Crippen molar-refractivity contribution in [3.8, 4) is 5.75 Å². The first kappa shape index (κ1) is 20.7. The quantitative estimate of drug-likeness (QED) is 0.737. The smallest absolute Gasteiger partial charge is 0.252 e. The average molecular weight is 357 g/mol. The first-order valence-electron chi connectivity index (χ1n) is 8.34. The average Bonchev–Trinajstić information content (AvgIpc) is 2.59. The number of benzene rings is 1. The minimum atomic E-state index is -0.690. The highest BCUT2D eigenvalue weighted by molar-refractivity contribution is 5.85. The van der Waals surface area contributed by atoms with Crippen LogP contribution in [0.1, 0.15) is 38.2 Å². The summed E-state index contributed by atoms with van der Waals surface area (Å²) < 4.78 is 11.2. The number of rotatable bonds is 7. The molecule has 1 saturated heterocycles. The van der Waals surface area contributed by atoms with Crippen molar-refractivity contribution in [2.45, 2.75) is 38.2 Å². The molecule has 2 rings (SSSR count). The molecule has 1 fully saturated rings. The molecule has 1 aromatic carbocycles. The fraction of sp³-hybridized carbons (Fsp3) is 0.611. The van der Waals surface area contributed by atoms with E-state index in [-0.39, 0.29) is 18.3 Å². The van der Waals surface area contributed by atoms with Gasteiger partial charge in [-0.25, -0.2) is 0 Å². The van der Waals surface area contributed by atoms with E-state index < -0.39 is 5.60 Å². The summed E-state index contributed by atoms with van der Waals surface area (Å²) in [7, 11) is 1.61. The molecule has 1 aliphatic heterocycles. The van der Waals surface area contributed by atoms with Crippen molar-refractivity contribution in [2.24, 2.45) is 0 Å². The number of hydrogen-bond acceptors (Lipinski definition) is 4. The summed E-state index contributed by atoms with van der Waals surface area (Å²) in [5, 5.41) is 6.17. The molecule has 24 heavy (non-hydrogen) atoms. The molecular weight excluding hydrogens is 328 g/mol. The number of carbonyl (C=O) groups is 1. The van der Waals surface area contributed by atoms with E-state index in [4.69, 9.17) is 9.47 Å². The Bertz CT molecular complexity index is 499. The molecule has 1 heterocycles. The van der Waals surface area contributed by atoms with Gasteiger partial charge in [0.1, 0.15) is 18.0 Å². The summed E-state index contributed by atoms with van der Waals surface area (Å²) in [5.41, 5.74) is 0.600. The van der Waals surface area contributed by atoms with E-state index in [1.165, 1.54) is 5.56 Å². The lowest BCUT2D eigenvalue weighted by atomic mass is 9.91. The molecule has 0 aromatic heterocycles. The Morgan fingerprint density at radius 2 is 1.88 bits per heavy atom. The molecule has 136 valence electrons. The molecule has 0 saturated carbocycles. The van der Waals surface area contributed by atoms with E-state index in [2.05, 4.69) is 36.6 Å². The Morgan fingerprint density at radius 1 is 1.25 bits per heavy atom. The fourth-order valence-electron chi connectivity index (χ4n) is 2.80. The number of carbonyl (C=O) groups excluding carboxylic acids is 1. The zero-order chi connectivity index (χ0) is 16.7. The Morgan fingerprint density at radius 3 is 2.42 bits per heavy atom. The third kappa shape index (κ3) is 5.36. The number of amides is 1. The second kappa shape index (κ2) is 9.87. The number of ether oxygens (including phenoxy) is 2. The second-order valence-electron chi connectivity index (χ2n) is 6.28. The second-order valence-corrected chi connectivity index (χ2v) is 6.28. The maximum absolute atomic E-state index is 12.4. The molecule has 0 aliphatic carbocycles. The standard InChI is InChI=1S/C18H28N2O3.ClH/c1-14(2)15-4-6-16(7-5-15)23-13-12-20-17(21)18(22-3)8-10-19-11-9-18;/h4-7,14,19H,8-13H2,1-3H3,(H,20,21);1H. The van der Waals surface area contributed by atoms with Crippen LogP contribution in [0, 0.1) is 0 Å². The Balaban J connectivity index is 0.00000288. The molecule has 5 nitrogen and oxygen atoms in total. The van der Waals surface area contributed by atoms with Crippen LogP contribution in [-0.2, 0) is 9.53 Å². The lowest BCUT2D eigenvalue weighted by Gasteiger charge is -2.34. The van der Waals surface area contributed by atoms with Crippen molar-refractivity contribution >= 4 is 18.3 Å². The van der Waals surface area contributed by atoms with Gasteiger partial charge in [0.05, 0.1) is 6.54 Å². The van der Waals surface area contributed by atoms with Crippen LogP contribution in [0.5, 0.6) is 5.75 Å². The molecular formula is C18H29ClN2O3. The zero-order valence-corrected chi connectivity index (χ0v) is 15.6. The van der Waals surface area contributed by atoms with E-state index in [0.29, 0.717) is 31.9 Å². The van der Waals surface area contributed by atoms with E-state index >= 15 is 0 Å². The number of methoxy groups -OCH3 is 1. The van der Waals surface area contributed by atoms with Crippen LogP contribution in [0.2, 0.25) is 0 Å². The van der Waals surface area contributed by atoms with E-state index in [9.17, 15) is 4.79 Å². The van der Waals surface area contributed by atoms with Gasteiger partial charge in [-0.2, -0.15) is 0 Å². The molecule has 0 atom stereocenters. The topological polar surface area (TPSA) is 59.6 Å². The van der Waals surface area contributed by atoms with Gasteiger partial charge in [-0.15, -0.1) is 12.4 Å². The van der Waals surface area contributed by atoms with Crippen molar-refractivity contribution in [3.63, 3.8) is 0 Å². The predicted octanol–water partition coefficient (Wildman–Crippen LogP) is 2.50. The van der Waals surface area contributed by atoms with Crippen molar-refractivity contribution in [3.05, 3.63) is 29.8 Å². The van der Waals surface area contributed by atoms with Crippen molar-refractivity contribution < 1.29 is 14.3 Å². The Kier molecular flexibility index (Phi) is 8.53. The Labute approximate surface area is 150 Å². The van der Waals surface area contributed by atoms with Crippen LogP contribution in [0.15, 0.2) is 24.3 Å². The van der Waals surface area contributed by atoms with E-state index in [0.717, 1.165) is 18.8 Å². The third-order valence-corrected chi connectivity index (χ3v) is 4.42. The largest absolute Gasteiger partial charge is 0.492 e. The molecule has 1 amide bonds. The summed E-state index contributed by atoms with van der Waals surface area (Å²) in [4.78, 5) is 12.4. The van der Waals surface area contributed by atoms with Gasteiger partial charge >= 0.3 is 0 Å². The van der Waals surface area contributed by atoms with Crippen LogP contribution >= 0.6 is 12.4 Å². The summed E-state index contributed by atoms with van der Waals surface area (Å²) >= 11 is 0. The number of hydrogen-bond donors (Lipinski definition) is 2. The molecule has 0 bridgehead atoms. The summed E-state index contributed by atoms with van der Waals surface area (Å²) in [6, 6.07) is 8.10. The number of halogens is 1. The van der Waals surface area contributed by atoms with E-state index in [1.54, 1.807) is 7.11 Å². The van der Waals surface area contributed by atoms with Gasteiger partial charge in [0, 0.05) is 7.11 Å². The van der Waals surface area contributed by atoms with Crippen molar-refractivity contribution in [1.82, 2.24) is 10.6 Å². The van der Waals surface area contributed by atoms with Crippen LogP contribution in [0.3, 0.4) is 0 Å². The monoisotopic (exact) mass is 356 g/mol. The molecule has 0 unspecified atom stereocenters. The summed E-state index contributed by atoms with van der Waals surface area (Å²) in [6.45, 7) is 6.86. The van der Waals surface area contributed by atoms with E-state index in [1.807, 2.05) is 12.1 Å². The third-order valence-electron chi connectivity index (χ3n) is 4.42. The fourth-order valence-corrected chi connectivity index (χ4v) is 2.80. The molecule has 0 radical (unpaired) electrons. The SMILES string of the molecule is COC1(C(=O)NCCOc2ccc(C(C)C)cc2)CCNCC1.Cl. The maximum atomic E-state index is 12.4. The van der Waals surface area contributed by atoms with Crippen molar-refractivity contribution in [1.29, 1.82) is 0 Å². The number of nitrogens with one attached hydrogen (secondary N) is 2. The lowest BCUT2D eigenvalue weighted by Crippen LogP contribution is -2.54. The van der Waals surface area contributed by atoms with Crippen LogP contribution < -0.4 is 15.4 Å². The van der Waals surface area contributed by atoms with Gasteiger partial charge in [0.15, 0.2) is 0 Å². The molecule has 0 spiro atoms. The molecule has 2 N–H and O–H groups in total. The lowest BCUT2D eigenvalue weighted by molar-refractivity contribution is -0.146.